The van der Waals surface area contributed by atoms with E-state index in [9.17, 15) is 14.4 Å². The number of nitrogens with one attached hydrogen (secondary N) is 2. The van der Waals surface area contributed by atoms with Gasteiger partial charge in [-0.1, -0.05) is 11.8 Å². The number of ether oxygens (including phenoxy) is 2. The minimum atomic E-state index is -0.478. The molecular formula is C14H19N3O5S. The van der Waals surface area contributed by atoms with E-state index < -0.39 is 5.97 Å². The second kappa shape index (κ2) is 8.68. The number of methoxy groups -OCH3 is 1. The maximum Gasteiger partial charge on any atom is 0.311 e. The van der Waals surface area contributed by atoms with Crippen LogP contribution >= 0.6 is 11.8 Å². The average Bonchev–Trinajstić information content (AvgIpc) is 3.03. The number of aromatic amines is 1. The molecular weight excluding hydrogens is 322 g/mol. The Balaban J connectivity index is 1.83. The summed E-state index contributed by atoms with van der Waals surface area (Å²) in [4.78, 5) is 41.2. The van der Waals surface area contributed by atoms with E-state index in [1.165, 1.54) is 13.2 Å². The van der Waals surface area contributed by atoms with E-state index in [1.54, 1.807) is 0 Å². The fraction of sp³-hybridized carbons (Fsp3) is 0.571. The number of hydrogen-bond acceptors (Lipinski definition) is 7. The molecule has 2 rings (SSSR count). The van der Waals surface area contributed by atoms with Crippen molar-refractivity contribution in [2.75, 3.05) is 26.0 Å². The summed E-state index contributed by atoms with van der Waals surface area (Å²) in [7, 11) is 1.27. The van der Waals surface area contributed by atoms with Crippen LogP contribution in [0.1, 0.15) is 18.5 Å². The van der Waals surface area contributed by atoms with Gasteiger partial charge in [0.15, 0.2) is 5.16 Å². The van der Waals surface area contributed by atoms with Gasteiger partial charge in [-0.25, -0.2) is 4.98 Å². The van der Waals surface area contributed by atoms with Crippen molar-refractivity contribution < 1.29 is 19.1 Å². The maximum atomic E-state index is 11.8. The van der Waals surface area contributed by atoms with E-state index in [0.29, 0.717) is 17.4 Å². The Hall–Kier alpha value is -1.87. The molecule has 2 N–H and O–H groups in total. The molecule has 1 fully saturated rings. The summed E-state index contributed by atoms with van der Waals surface area (Å²) in [6, 6.07) is 1.23. The fourth-order valence-corrected chi connectivity index (χ4v) is 2.80. The highest BCUT2D eigenvalue weighted by molar-refractivity contribution is 7.99. The Bertz CT molecular complexity index is 613. The number of amides is 1. The molecule has 9 heteroatoms. The Labute approximate surface area is 137 Å². The van der Waals surface area contributed by atoms with E-state index in [0.717, 1.165) is 31.2 Å². The molecule has 1 aromatic rings. The minimum Gasteiger partial charge on any atom is -0.469 e. The number of carbonyl (C=O) groups is 2. The van der Waals surface area contributed by atoms with Crippen molar-refractivity contribution in [3.8, 4) is 0 Å². The highest BCUT2D eigenvalue weighted by Crippen LogP contribution is 2.12. The van der Waals surface area contributed by atoms with Crippen LogP contribution in [0.2, 0.25) is 0 Å². The molecule has 0 radical (unpaired) electrons. The number of rotatable bonds is 7. The van der Waals surface area contributed by atoms with Crippen LogP contribution in [0.15, 0.2) is 16.0 Å². The first-order valence-corrected chi connectivity index (χ1v) is 8.23. The van der Waals surface area contributed by atoms with Crippen LogP contribution < -0.4 is 10.9 Å². The summed E-state index contributed by atoms with van der Waals surface area (Å²) in [6.45, 7) is 1.24. The first-order valence-electron chi connectivity index (χ1n) is 7.25. The van der Waals surface area contributed by atoms with Crippen LogP contribution in [0.25, 0.3) is 0 Å². The van der Waals surface area contributed by atoms with Gasteiger partial charge in [-0.3, -0.25) is 14.4 Å². The Kier molecular flexibility index (Phi) is 6.60. The smallest absolute Gasteiger partial charge is 0.311 e. The van der Waals surface area contributed by atoms with Crippen LogP contribution in [0.5, 0.6) is 0 Å². The zero-order valence-electron chi connectivity index (χ0n) is 12.8. The average molecular weight is 341 g/mol. The molecule has 0 spiro atoms. The molecule has 0 aliphatic carbocycles. The van der Waals surface area contributed by atoms with Gasteiger partial charge in [0.1, 0.15) is 0 Å². The predicted octanol–water partition coefficient (Wildman–Crippen LogP) is -0.127. The van der Waals surface area contributed by atoms with Gasteiger partial charge in [-0.2, -0.15) is 0 Å². The molecule has 1 aromatic heterocycles. The Morgan fingerprint density at radius 3 is 3.09 bits per heavy atom. The van der Waals surface area contributed by atoms with E-state index in [4.69, 9.17) is 4.74 Å². The fourth-order valence-electron chi connectivity index (χ4n) is 2.08. The number of nitrogens with zero attached hydrogens (tertiary/aromatic N) is 1. The Morgan fingerprint density at radius 1 is 1.57 bits per heavy atom. The van der Waals surface area contributed by atoms with Crippen molar-refractivity contribution in [3.63, 3.8) is 0 Å². The number of H-pyrrole nitrogens is 1. The number of thioether (sulfide) groups is 1. The third-order valence-corrected chi connectivity index (χ3v) is 4.09. The molecule has 0 unspecified atom stereocenters. The molecule has 126 valence electrons. The van der Waals surface area contributed by atoms with Crippen molar-refractivity contribution in [1.29, 1.82) is 0 Å². The van der Waals surface area contributed by atoms with Crippen LogP contribution in [0.3, 0.4) is 0 Å². The summed E-state index contributed by atoms with van der Waals surface area (Å²) in [5, 5.41) is 3.08. The third kappa shape index (κ3) is 6.03. The molecule has 0 bridgehead atoms. The molecule has 0 saturated carbocycles. The third-order valence-electron chi connectivity index (χ3n) is 3.22. The maximum absolute atomic E-state index is 11.8. The SMILES string of the molecule is COC(=O)Cc1cc(=O)[nH]c(SCC(=O)NC[C@H]2CCCO2)n1. The molecule has 23 heavy (non-hydrogen) atoms. The summed E-state index contributed by atoms with van der Waals surface area (Å²) in [5.74, 6) is -0.517. The van der Waals surface area contributed by atoms with E-state index in [-0.39, 0.29) is 29.7 Å². The molecule has 1 aliphatic heterocycles. The number of carbonyl (C=O) groups excluding carboxylic acids is 2. The number of hydrogen-bond donors (Lipinski definition) is 2. The van der Waals surface area contributed by atoms with Gasteiger partial charge in [-0.05, 0) is 12.8 Å². The van der Waals surface area contributed by atoms with Crippen LogP contribution in [0.4, 0.5) is 0 Å². The van der Waals surface area contributed by atoms with Crippen molar-refractivity contribution in [3.05, 3.63) is 22.1 Å². The van der Waals surface area contributed by atoms with Gasteiger partial charge in [0.25, 0.3) is 5.56 Å². The van der Waals surface area contributed by atoms with E-state index in [2.05, 4.69) is 20.0 Å². The summed E-state index contributed by atoms with van der Waals surface area (Å²) < 4.78 is 9.96. The largest absolute Gasteiger partial charge is 0.469 e. The molecule has 0 aromatic carbocycles. The first kappa shape index (κ1) is 17.5. The number of esters is 1. The van der Waals surface area contributed by atoms with Gasteiger partial charge in [0, 0.05) is 19.2 Å². The summed E-state index contributed by atoms with van der Waals surface area (Å²) in [6.07, 6.45) is 1.98. The monoisotopic (exact) mass is 341 g/mol. The normalized spacial score (nSPS) is 17.0. The summed E-state index contributed by atoms with van der Waals surface area (Å²) in [5.41, 5.74) is -0.0657. The highest BCUT2D eigenvalue weighted by Gasteiger charge is 2.16. The van der Waals surface area contributed by atoms with Crippen LogP contribution in [-0.2, 0) is 25.5 Å². The van der Waals surface area contributed by atoms with Crippen molar-refractivity contribution >= 4 is 23.6 Å². The zero-order valence-corrected chi connectivity index (χ0v) is 13.6. The first-order chi connectivity index (χ1) is 11.1. The van der Waals surface area contributed by atoms with Crippen molar-refractivity contribution in [2.24, 2.45) is 0 Å². The molecule has 2 heterocycles. The quantitative estimate of drug-likeness (QED) is 0.404. The van der Waals surface area contributed by atoms with Gasteiger partial charge >= 0.3 is 5.97 Å². The van der Waals surface area contributed by atoms with Crippen molar-refractivity contribution in [1.82, 2.24) is 15.3 Å². The second-order valence-corrected chi connectivity index (χ2v) is 5.99. The highest BCUT2D eigenvalue weighted by atomic mass is 32.2. The molecule has 1 saturated heterocycles. The lowest BCUT2D eigenvalue weighted by molar-refractivity contribution is -0.139. The lowest BCUT2D eigenvalue weighted by Crippen LogP contribution is -2.33. The van der Waals surface area contributed by atoms with Gasteiger partial charge in [-0.15, -0.1) is 0 Å². The van der Waals surface area contributed by atoms with Crippen molar-refractivity contribution in [2.45, 2.75) is 30.5 Å². The van der Waals surface area contributed by atoms with Gasteiger partial charge in [0.2, 0.25) is 5.91 Å². The van der Waals surface area contributed by atoms with Gasteiger partial charge in [0.05, 0.1) is 31.1 Å². The summed E-state index contributed by atoms with van der Waals surface area (Å²) >= 11 is 1.10. The standard InChI is InChI=1S/C14H19N3O5S/c1-21-13(20)6-9-5-11(18)17-14(16-9)23-8-12(19)15-7-10-3-2-4-22-10/h5,10H,2-4,6-8H2,1H3,(H,15,19)(H,16,17,18)/t10-/m1/s1. The molecule has 1 amide bonds. The van der Waals surface area contributed by atoms with Gasteiger partial charge < -0.3 is 19.8 Å². The minimum absolute atomic E-state index is 0.0841. The van der Waals surface area contributed by atoms with Crippen LogP contribution in [-0.4, -0.2) is 54.0 Å². The Morgan fingerprint density at radius 2 is 2.39 bits per heavy atom. The second-order valence-electron chi connectivity index (χ2n) is 5.02. The lowest BCUT2D eigenvalue weighted by Gasteiger charge is -2.10. The van der Waals surface area contributed by atoms with E-state index >= 15 is 0 Å². The molecule has 1 atom stereocenters. The zero-order chi connectivity index (χ0) is 16.7. The van der Waals surface area contributed by atoms with E-state index in [1.807, 2.05) is 0 Å². The topological polar surface area (TPSA) is 110 Å². The lowest BCUT2D eigenvalue weighted by atomic mass is 10.2. The molecule has 1 aliphatic rings. The van der Waals surface area contributed by atoms with Crippen LogP contribution in [0, 0.1) is 0 Å². The number of aromatic nitrogens is 2. The predicted molar refractivity (Wildman–Crippen MR) is 83.3 cm³/mol. The molecule has 8 nitrogen and oxygen atoms in total.